The fraction of sp³-hybridized carbons (Fsp3) is 0.143. The molecule has 2 rings (SSSR count). The van der Waals surface area contributed by atoms with E-state index in [4.69, 9.17) is 10.00 Å². The van der Waals surface area contributed by atoms with Crippen molar-refractivity contribution in [3.63, 3.8) is 0 Å². The zero-order valence-corrected chi connectivity index (χ0v) is 12.2. The van der Waals surface area contributed by atoms with Gasteiger partial charge in [-0.15, -0.1) is 11.3 Å². The summed E-state index contributed by atoms with van der Waals surface area (Å²) < 4.78 is 18.3. The maximum absolute atomic E-state index is 13.6. The number of ether oxygens (including phenoxy) is 1. The molecule has 0 aliphatic rings. The third-order valence-corrected chi connectivity index (χ3v) is 3.35. The number of nitrogens with one attached hydrogen (secondary N) is 1. The first-order valence-electron chi connectivity index (χ1n) is 6.08. The van der Waals surface area contributed by atoms with Gasteiger partial charge in [-0.05, 0) is 25.1 Å². The number of nitrogens with zero attached hydrogens (tertiary/aromatic N) is 2. The molecule has 1 aromatic carbocycles. The van der Waals surface area contributed by atoms with Crippen LogP contribution in [0.4, 0.5) is 9.52 Å². The average molecular weight is 319 g/mol. The molecule has 0 saturated heterocycles. The highest BCUT2D eigenvalue weighted by Gasteiger charge is 2.15. The van der Waals surface area contributed by atoms with Crippen molar-refractivity contribution in [3.8, 4) is 6.07 Å². The molecule has 0 aliphatic carbocycles. The number of anilines is 1. The van der Waals surface area contributed by atoms with Crippen LogP contribution < -0.4 is 5.32 Å². The smallest absolute Gasteiger partial charge is 0.341 e. The Hall–Kier alpha value is -2.79. The van der Waals surface area contributed by atoms with Crippen molar-refractivity contribution in [2.75, 3.05) is 11.9 Å². The Labute approximate surface area is 129 Å². The molecule has 0 saturated carbocycles. The zero-order valence-electron chi connectivity index (χ0n) is 11.4. The summed E-state index contributed by atoms with van der Waals surface area (Å²) in [6, 6.07) is 5.10. The predicted molar refractivity (Wildman–Crippen MR) is 76.9 cm³/mol. The number of halogens is 1. The summed E-state index contributed by atoms with van der Waals surface area (Å²) >= 11 is 1.28. The average Bonchev–Trinajstić information content (AvgIpc) is 2.89. The van der Waals surface area contributed by atoms with Gasteiger partial charge < -0.3 is 4.74 Å². The Kier molecular flexibility index (Phi) is 4.80. The maximum Gasteiger partial charge on any atom is 0.341 e. The molecule has 1 N–H and O–H groups in total. The third kappa shape index (κ3) is 3.86. The number of hydrogen-bond acceptors (Lipinski definition) is 6. The third-order valence-electron chi connectivity index (χ3n) is 2.52. The van der Waals surface area contributed by atoms with E-state index in [9.17, 15) is 14.0 Å². The van der Waals surface area contributed by atoms with Gasteiger partial charge in [-0.1, -0.05) is 0 Å². The minimum Gasteiger partial charge on any atom is -0.452 e. The topological polar surface area (TPSA) is 92.1 Å². The van der Waals surface area contributed by atoms with Crippen LogP contribution in [0.5, 0.6) is 0 Å². The van der Waals surface area contributed by atoms with Gasteiger partial charge >= 0.3 is 5.97 Å². The number of esters is 1. The van der Waals surface area contributed by atoms with E-state index in [-0.39, 0.29) is 11.1 Å². The van der Waals surface area contributed by atoms with Gasteiger partial charge in [0.1, 0.15) is 5.82 Å². The van der Waals surface area contributed by atoms with Gasteiger partial charge in [0.15, 0.2) is 11.7 Å². The first-order valence-corrected chi connectivity index (χ1v) is 6.90. The lowest BCUT2D eigenvalue weighted by atomic mass is 10.1. The highest BCUT2D eigenvalue weighted by Crippen LogP contribution is 2.16. The quantitative estimate of drug-likeness (QED) is 0.873. The monoisotopic (exact) mass is 319 g/mol. The van der Waals surface area contributed by atoms with E-state index >= 15 is 0 Å². The molecule has 0 aliphatic heterocycles. The van der Waals surface area contributed by atoms with Gasteiger partial charge in [-0.3, -0.25) is 10.1 Å². The normalized spacial score (nSPS) is 9.86. The molecule has 0 atom stereocenters. The van der Waals surface area contributed by atoms with Crippen molar-refractivity contribution in [3.05, 3.63) is 46.2 Å². The van der Waals surface area contributed by atoms with Crippen molar-refractivity contribution in [1.82, 2.24) is 4.98 Å². The molecule has 0 unspecified atom stereocenters. The van der Waals surface area contributed by atoms with E-state index in [1.165, 1.54) is 17.4 Å². The van der Waals surface area contributed by atoms with Gasteiger partial charge in [0.05, 0.1) is 17.2 Å². The molecule has 0 spiro atoms. The molecule has 0 bridgehead atoms. The fourth-order valence-electron chi connectivity index (χ4n) is 1.53. The summed E-state index contributed by atoms with van der Waals surface area (Å²) in [5, 5.41) is 11.5. The lowest BCUT2D eigenvalue weighted by molar-refractivity contribution is -0.119. The minimum absolute atomic E-state index is 0.0888. The van der Waals surface area contributed by atoms with E-state index in [1.54, 1.807) is 12.3 Å². The number of carbonyl (C=O) groups excluding carboxylic acids is 2. The van der Waals surface area contributed by atoms with E-state index in [2.05, 4.69) is 10.3 Å². The number of carbonyl (C=O) groups is 2. The van der Waals surface area contributed by atoms with Crippen molar-refractivity contribution >= 4 is 28.3 Å². The Morgan fingerprint density at radius 3 is 2.86 bits per heavy atom. The molecule has 8 heteroatoms. The standard InChI is InChI=1S/C14H10FN3O3S/c1-8-6-17-14(22-8)18-12(19)7-21-13(20)10-3-2-9(5-16)4-11(10)15/h2-4,6H,7H2,1H3,(H,17,18,19). The summed E-state index contributed by atoms with van der Waals surface area (Å²) in [5.74, 6) is -2.43. The molecule has 1 amide bonds. The number of thiazole rings is 1. The second-order valence-corrected chi connectivity index (χ2v) is 5.44. The summed E-state index contributed by atoms with van der Waals surface area (Å²) in [6.07, 6.45) is 1.60. The van der Waals surface area contributed by atoms with Gasteiger partial charge in [0.25, 0.3) is 5.91 Å². The predicted octanol–water partition coefficient (Wildman–Crippen LogP) is 2.26. The van der Waals surface area contributed by atoms with Crippen LogP contribution in [0.1, 0.15) is 20.8 Å². The van der Waals surface area contributed by atoms with Crippen LogP contribution in [0.25, 0.3) is 0 Å². The first-order chi connectivity index (χ1) is 10.5. The van der Waals surface area contributed by atoms with Crippen LogP contribution in [-0.2, 0) is 9.53 Å². The molecule has 1 heterocycles. The molecule has 112 valence electrons. The van der Waals surface area contributed by atoms with E-state index in [0.29, 0.717) is 5.13 Å². The minimum atomic E-state index is -0.979. The molecule has 22 heavy (non-hydrogen) atoms. The molecule has 0 radical (unpaired) electrons. The fourth-order valence-corrected chi connectivity index (χ4v) is 2.21. The van der Waals surface area contributed by atoms with Crippen LogP contribution in [0.3, 0.4) is 0 Å². The second kappa shape index (κ2) is 6.78. The lowest BCUT2D eigenvalue weighted by Crippen LogP contribution is -2.21. The number of aromatic nitrogens is 1. The molecule has 0 fully saturated rings. The summed E-state index contributed by atoms with van der Waals surface area (Å²) in [4.78, 5) is 28.1. The van der Waals surface area contributed by atoms with Crippen LogP contribution in [0, 0.1) is 24.1 Å². The number of hydrogen-bond donors (Lipinski definition) is 1. The lowest BCUT2D eigenvalue weighted by Gasteiger charge is -2.05. The Bertz CT molecular complexity index is 767. The number of nitriles is 1. The SMILES string of the molecule is Cc1cnc(NC(=O)COC(=O)c2ccc(C#N)cc2F)s1. The molecule has 6 nitrogen and oxygen atoms in total. The first kappa shape index (κ1) is 15.6. The molecular weight excluding hydrogens is 309 g/mol. The second-order valence-electron chi connectivity index (χ2n) is 4.21. The Morgan fingerprint density at radius 1 is 1.50 bits per heavy atom. The summed E-state index contributed by atoms with van der Waals surface area (Å²) in [7, 11) is 0. The van der Waals surface area contributed by atoms with Gasteiger partial charge in [-0.2, -0.15) is 5.26 Å². The largest absolute Gasteiger partial charge is 0.452 e. The van der Waals surface area contributed by atoms with Crippen molar-refractivity contribution in [2.24, 2.45) is 0 Å². The van der Waals surface area contributed by atoms with Crippen molar-refractivity contribution < 1.29 is 18.7 Å². The maximum atomic E-state index is 13.6. The number of benzene rings is 1. The van der Waals surface area contributed by atoms with E-state index in [1.807, 2.05) is 6.92 Å². The van der Waals surface area contributed by atoms with Gasteiger partial charge in [-0.25, -0.2) is 14.2 Å². The number of rotatable bonds is 4. The zero-order chi connectivity index (χ0) is 16.1. The molecular formula is C14H10FN3O3S. The van der Waals surface area contributed by atoms with Crippen LogP contribution in [-0.4, -0.2) is 23.5 Å². The number of aryl methyl sites for hydroxylation is 1. The molecule has 2 aromatic rings. The highest BCUT2D eigenvalue weighted by atomic mass is 32.1. The van der Waals surface area contributed by atoms with Crippen LogP contribution >= 0.6 is 11.3 Å². The van der Waals surface area contributed by atoms with Crippen molar-refractivity contribution in [1.29, 1.82) is 5.26 Å². The summed E-state index contributed by atoms with van der Waals surface area (Å²) in [6.45, 7) is 1.28. The molecule has 1 aromatic heterocycles. The van der Waals surface area contributed by atoms with Gasteiger partial charge in [0, 0.05) is 11.1 Å². The summed E-state index contributed by atoms with van der Waals surface area (Å²) in [5.41, 5.74) is -0.247. The Balaban J connectivity index is 1.92. The van der Waals surface area contributed by atoms with E-state index in [0.717, 1.165) is 17.0 Å². The van der Waals surface area contributed by atoms with Crippen LogP contribution in [0.15, 0.2) is 24.4 Å². The van der Waals surface area contributed by atoms with Crippen LogP contribution in [0.2, 0.25) is 0 Å². The van der Waals surface area contributed by atoms with Crippen molar-refractivity contribution in [2.45, 2.75) is 6.92 Å². The highest BCUT2D eigenvalue weighted by molar-refractivity contribution is 7.15. The Morgan fingerprint density at radius 2 is 2.27 bits per heavy atom. The van der Waals surface area contributed by atoms with Gasteiger partial charge in [0.2, 0.25) is 0 Å². The number of amides is 1. The van der Waals surface area contributed by atoms with E-state index < -0.39 is 24.3 Å².